The minimum atomic E-state index is -0.241. The lowest BCUT2D eigenvalue weighted by Gasteiger charge is -2.09. The molecule has 0 bridgehead atoms. The molecule has 1 unspecified atom stereocenters. The number of nitrogens with zero attached hydrogens (tertiary/aromatic N) is 2. The van der Waals surface area contributed by atoms with Gasteiger partial charge in [-0.15, -0.1) is 0 Å². The van der Waals surface area contributed by atoms with Crippen molar-refractivity contribution in [1.29, 1.82) is 0 Å². The first-order chi connectivity index (χ1) is 9.56. The molecule has 0 saturated carbocycles. The Hall–Kier alpha value is -1.78. The molecule has 3 rings (SSSR count). The van der Waals surface area contributed by atoms with Crippen LogP contribution in [0.15, 0.2) is 34.7 Å². The Balaban J connectivity index is 1.90. The summed E-state index contributed by atoms with van der Waals surface area (Å²) in [6, 6.07) is 9.62. The molecule has 2 heterocycles. The van der Waals surface area contributed by atoms with Gasteiger partial charge in [-0.2, -0.15) is 5.10 Å². The Bertz CT molecular complexity index is 727. The highest BCUT2D eigenvalue weighted by atomic mass is 35.5. The minimum absolute atomic E-state index is 0.241. The van der Waals surface area contributed by atoms with Crippen LogP contribution in [-0.2, 0) is 13.5 Å². The molecule has 1 aromatic carbocycles. The van der Waals surface area contributed by atoms with Crippen LogP contribution < -0.4 is 5.73 Å². The van der Waals surface area contributed by atoms with Crippen LogP contribution in [-0.4, -0.2) is 9.78 Å². The second-order valence-corrected chi connectivity index (χ2v) is 5.34. The zero-order valence-corrected chi connectivity index (χ0v) is 12.2. The summed E-state index contributed by atoms with van der Waals surface area (Å²) in [6.45, 7) is 1.89. The number of fused-ring (bicyclic) bond motifs is 1. The van der Waals surface area contributed by atoms with Gasteiger partial charge in [-0.05, 0) is 19.1 Å². The molecule has 3 aromatic rings. The minimum Gasteiger partial charge on any atom is -0.459 e. The second kappa shape index (κ2) is 4.96. The summed E-state index contributed by atoms with van der Waals surface area (Å²) >= 11 is 6.25. The summed E-state index contributed by atoms with van der Waals surface area (Å²) in [4.78, 5) is 0. The van der Waals surface area contributed by atoms with E-state index in [0.29, 0.717) is 11.4 Å². The molecule has 0 aliphatic carbocycles. The largest absolute Gasteiger partial charge is 0.459 e. The van der Waals surface area contributed by atoms with Gasteiger partial charge in [0.15, 0.2) is 0 Å². The molecule has 5 heteroatoms. The third kappa shape index (κ3) is 2.21. The van der Waals surface area contributed by atoms with Crippen LogP contribution >= 0.6 is 11.6 Å². The number of halogens is 1. The number of hydrogen-bond donors (Lipinski definition) is 1. The van der Waals surface area contributed by atoms with E-state index in [1.54, 1.807) is 4.68 Å². The van der Waals surface area contributed by atoms with Gasteiger partial charge in [0.05, 0.1) is 22.5 Å². The fourth-order valence-electron chi connectivity index (χ4n) is 2.40. The van der Waals surface area contributed by atoms with Crippen molar-refractivity contribution < 1.29 is 4.42 Å². The first-order valence-electron chi connectivity index (χ1n) is 6.48. The van der Waals surface area contributed by atoms with Crippen LogP contribution in [0.3, 0.4) is 0 Å². The molecule has 0 amide bonds. The van der Waals surface area contributed by atoms with Crippen molar-refractivity contribution in [3.8, 4) is 0 Å². The van der Waals surface area contributed by atoms with E-state index in [4.69, 9.17) is 21.8 Å². The van der Waals surface area contributed by atoms with Crippen molar-refractivity contribution in [2.75, 3.05) is 0 Å². The van der Waals surface area contributed by atoms with Crippen molar-refractivity contribution >= 4 is 22.6 Å². The molecule has 0 fully saturated rings. The van der Waals surface area contributed by atoms with Gasteiger partial charge in [-0.1, -0.05) is 29.8 Å². The quantitative estimate of drug-likeness (QED) is 0.804. The number of aryl methyl sites for hydroxylation is 2. The molecule has 0 aliphatic heterocycles. The predicted octanol–water partition coefficient (Wildman–Crippen LogP) is 3.37. The SMILES string of the molecule is Cc1nn(C)c(CC(N)c2cc3ccccc3o2)c1Cl. The van der Waals surface area contributed by atoms with Crippen molar-refractivity contribution in [2.45, 2.75) is 19.4 Å². The van der Waals surface area contributed by atoms with Crippen LogP contribution in [0.4, 0.5) is 0 Å². The highest BCUT2D eigenvalue weighted by Crippen LogP contribution is 2.27. The Morgan fingerprint density at radius 1 is 1.40 bits per heavy atom. The lowest BCUT2D eigenvalue weighted by molar-refractivity contribution is 0.486. The maximum absolute atomic E-state index is 6.25. The Morgan fingerprint density at radius 3 is 2.80 bits per heavy atom. The molecule has 0 aliphatic rings. The van der Waals surface area contributed by atoms with Crippen molar-refractivity contribution in [1.82, 2.24) is 9.78 Å². The number of rotatable bonds is 3. The van der Waals surface area contributed by atoms with E-state index in [1.165, 1.54) is 0 Å². The van der Waals surface area contributed by atoms with E-state index in [1.807, 2.05) is 44.3 Å². The molecule has 0 spiro atoms. The number of furan rings is 1. The van der Waals surface area contributed by atoms with Gasteiger partial charge in [0.2, 0.25) is 0 Å². The summed E-state index contributed by atoms with van der Waals surface area (Å²) < 4.78 is 7.57. The lowest BCUT2D eigenvalue weighted by atomic mass is 10.1. The molecule has 2 aromatic heterocycles. The van der Waals surface area contributed by atoms with Gasteiger partial charge in [-0.25, -0.2) is 0 Å². The number of nitrogens with two attached hydrogens (primary N) is 1. The van der Waals surface area contributed by atoms with Crippen LogP contribution in [0, 0.1) is 6.92 Å². The van der Waals surface area contributed by atoms with E-state index >= 15 is 0 Å². The molecule has 0 radical (unpaired) electrons. The molecule has 1 atom stereocenters. The fraction of sp³-hybridized carbons (Fsp3) is 0.267. The topological polar surface area (TPSA) is 57.0 Å². The standard InChI is InChI=1S/C15H16ClN3O/c1-9-15(16)12(19(2)18-9)8-11(17)14-7-10-5-3-4-6-13(10)20-14/h3-7,11H,8,17H2,1-2H3. The first kappa shape index (κ1) is 13.2. The molecule has 4 nitrogen and oxygen atoms in total. The van der Waals surface area contributed by atoms with Gasteiger partial charge in [0.25, 0.3) is 0 Å². The first-order valence-corrected chi connectivity index (χ1v) is 6.86. The predicted molar refractivity (Wildman–Crippen MR) is 79.8 cm³/mol. The molecular formula is C15H16ClN3O. The summed E-state index contributed by atoms with van der Waals surface area (Å²) in [5, 5.41) is 6.04. The fourth-order valence-corrected chi connectivity index (χ4v) is 2.63. The van der Waals surface area contributed by atoms with Gasteiger partial charge in [-0.3, -0.25) is 4.68 Å². The van der Waals surface area contributed by atoms with Gasteiger partial charge >= 0.3 is 0 Å². The van der Waals surface area contributed by atoms with Gasteiger partial charge in [0.1, 0.15) is 11.3 Å². The summed E-state index contributed by atoms with van der Waals surface area (Å²) in [6.07, 6.45) is 0.593. The average Bonchev–Trinajstić information content (AvgIpc) is 2.95. The van der Waals surface area contributed by atoms with E-state index in [2.05, 4.69) is 5.10 Å². The smallest absolute Gasteiger partial charge is 0.134 e. The second-order valence-electron chi connectivity index (χ2n) is 4.97. The maximum Gasteiger partial charge on any atom is 0.134 e. The van der Waals surface area contributed by atoms with E-state index in [0.717, 1.165) is 28.1 Å². The third-order valence-electron chi connectivity index (χ3n) is 3.48. The lowest BCUT2D eigenvalue weighted by Crippen LogP contribution is -2.15. The van der Waals surface area contributed by atoms with E-state index in [9.17, 15) is 0 Å². The normalized spacial score (nSPS) is 13.0. The number of benzene rings is 1. The molecule has 2 N–H and O–H groups in total. The van der Waals surface area contributed by atoms with Gasteiger partial charge < -0.3 is 10.2 Å². The molecule has 104 valence electrons. The highest BCUT2D eigenvalue weighted by Gasteiger charge is 2.18. The summed E-state index contributed by atoms with van der Waals surface area (Å²) in [5.74, 6) is 0.765. The summed E-state index contributed by atoms with van der Waals surface area (Å²) in [7, 11) is 1.87. The van der Waals surface area contributed by atoms with Gasteiger partial charge in [0, 0.05) is 18.9 Å². The maximum atomic E-state index is 6.25. The number of para-hydroxylation sites is 1. The zero-order valence-electron chi connectivity index (χ0n) is 11.4. The average molecular weight is 290 g/mol. The van der Waals surface area contributed by atoms with Crippen LogP contribution in [0.25, 0.3) is 11.0 Å². The molecular weight excluding hydrogens is 274 g/mol. The van der Waals surface area contributed by atoms with Crippen molar-refractivity contribution in [2.24, 2.45) is 12.8 Å². The van der Waals surface area contributed by atoms with Crippen LogP contribution in [0.2, 0.25) is 5.02 Å². The zero-order chi connectivity index (χ0) is 14.3. The van der Waals surface area contributed by atoms with E-state index < -0.39 is 0 Å². The van der Waals surface area contributed by atoms with Crippen molar-refractivity contribution in [3.63, 3.8) is 0 Å². The highest BCUT2D eigenvalue weighted by molar-refractivity contribution is 6.31. The Labute approximate surface area is 122 Å². The van der Waals surface area contributed by atoms with Crippen LogP contribution in [0.5, 0.6) is 0 Å². The Kier molecular flexibility index (Phi) is 3.28. The van der Waals surface area contributed by atoms with E-state index in [-0.39, 0.29) is 6.04 Å². The van der Waals surface area contributed by atoms with Crippen LogP contribution in [0.1, 0.15) is 23.2 Å². The summed E-state index contributed by atoms with van der Waals surface area (Å²) in [5.41, 5.74) is 8.84. The monoisotopic (exact) mass is 289 g/mol. The third-order valence-corrected chi connectivity index (χ3v) is 3.98. The molecule has 0 saturated heterocycles. The Morgan fingerprint density at radius 2 is 2.15 bits per heavy atom. The molecule has 20 heavy (non-hydrogen) atoms. The number of aromatic nitrogens is 2. The van der Waals surface area contributed by atoms with Crippen molar-refractivity contribution in [3.05, 3.63) is 52.5 Å². The number of hydrogen-bond acceptors (Lipinski definition) is 3.